The molecule has 4 nitrogen and oxygen atoms in total. The molecule has 6 heteroatoms. The van der Waals surface area contributed by atoms with Gasteiger partial charge in [-0.2, -0.15) is 0 Å². The van der Waals surface area contributed by atoms with E-state index in [9.17, 15) is 0 Å². The van der Waals surface area contributed by atoms with Gasteiger partial charge in [-0.15, -0.1) is 0 Å². The van der Waals surface area contributed by atoms with Crippen LogP contribution in [-0.4, -0.2) is 58.6 Å². The van der Waals surface area contributed by atoms with Crippen molar-refractivity contribution >= 4 is 58.6 Å². The summed E-state index contributed by atoms with van der Waals surface area (Å²) in [4.78, 5) is 0. The van der Waals surface area contributed by atoms with Gasteiger partial charge < -0.3 is 0 Å². The Labute approximate surface area is 76.0 Å². The molecule has 0 rings (SSSR count). The van der Waals surface area contributed by atoms with Crippen LogP contribution >= 0.6 is 0 Å². The van der Waals surface area contributed by atoms with Gasteiger partial charge in [0.1, 0.15) is 0 Å². The molecule has 0 aromatic carbocycles. The van der Waals surface area contributed by atoms with Crippen molar-refractivity contribution in [1.82, 2.24) is 0 Å². The molecule has 0 saturated carbocycles. The van der Waals surface area contributed by atoms with Crippen LogP contribution in [0.15, 0.2) is 15.8 Å². The molecule has 0 aromatic heterocycles. The number of hydrogen-bond donors (Lipinski definition) is 0. The van der Waals surface area contributed by atoms with Crippen LogP contribution in [0.25, 0.3) is 0 Å². The third-order valence-electron chi connectivity index (χ3n) is 0.400. The molecule has 0 aliphatic carbocycles. The predicted octanol–water partition coefficient (Wildman–Crippen LogP) is -0.981. The van der Waals surface area contributed by atoms with Gasteiger partial charge in [0.25, 0.3) is 0 Å². The van der Waals surface area contributed by atoms with Crippen LogP contribution in [0.4, 0.5) is 0 Å². The van der Waals surface area contributed by atoms with Crippen molar-refractivity contribution in [1.29, 1.82) is 0 Å². The normalized spacial score (nSPS) is 6.40. The third kappa shape index (κ3) is 25.1. The van der Waals surface area contributed by atoms with E-state index >= 15 is 0 Å². The maximum Gasteiger partial charge on any atom is 0 e. The van der Waals surface area contributed by atoms with Gasteiger partial charge >= 0.3 is 74.4 Å². The minimum atomic E-state index is -0.875. The van der Waals surface area contributed by atoms with E-state index < -0.39 is 31.8 Å². The van der Waals surface area contributed by atoms with Crippen LogP contribution < -0.4 is 0 Å². The first-order valence-electron chi connectivity index (χ1n) is 2.53. The first-order chi connectivity index (χ1) is 4.83. The summed E-state index contributed by atoms with van der Waals surface area (Å²) in [5, 5.41) is 0. The van der Waals surface area contributed by atoms with Crippen LogP contribution in [-0.2, 0) is 0 Å². The van der Waals surface area contributed by atoms with Crippen molar-refractivity contribution in [2.75, 3.05) is 0 Å². The van der Waals surface area contributed by atoms with E-state index in [0.717, 1.165) is 0 Å². The van der Waals surface area contributed by atoms with Gasteiger partial charge in [0.05, 0.1) is 0 Å². The number of rotatable bonds is 4. The second kappa shape index (κ2) is 15.9. The second-order valence-corrected chi connectivity index (χ2v) is 6.12. The minimum absolute atomic E-state index is 0. The van der Waals surface area contributed by atoms with Gasteiger partial charge in [-0.1, -0.05) is 0 Å². The van der Waals surface area contributed by atoms with Crippen LogP contribution in [0, 0.1) is 0 Å². The first kappa shape index (κ1) is 12.4. The summed E-state index contributed by atoms with van der Waals surface area (Å²) in [6.07, 6.45) is 0. The molecular formula is C4H14Ge2N4. The molecule has 10 heavy (non-hydrogen) atoms. The average molecular weight is 263 g/mol. The van der Waals surface area contributed by atoms with E-state index in [1.807, 2.05) is 0 Å². The summed E-state index contributed by atoms with van der Waals surface area (Å²) in [5.41, 5.74) is 0. The Morgan fingerprint density at radius 1 is 0.700 bits per heavy atom. The number of hydrogen-bond acceptors (Lipinski definition) is 4. The van der Waals surface area contributed by atoms with Gasteiger partial charge in [-0.25, -0.2) is 0 Å². The summed E-state index contributed by atoms with van der Waals surface area (Å²) in [6, 6.07) is 0. The Hall–Kier alpha value is -0.234. The Balaban J connectivity index is -0.000000107. The topological polar surface area (TPSA) is 49.4 Å². The Bertz CT molecular complexity index is 92.7. The van der Waals surface area contributed by atoms with E-state index in [1.165, 1.54) is 0 Å². The Morgan fingerprint density at radius 3 is 0.900 bits per heavy atom. The van der Waals surface area contributed by atoms with E-state index in [1.54, 1.807) is 0 Å². The maximum absolute atomic E-state index is 3.56. The quantitative estimate of drug-likeness (QED) is 0.462. The molecular weight excluding hydrogens is 249 g/mol. The predicted molar refractivity (Wildman–Crippen MR) is 57.4 cm³/mol. The van der Waals surface area contributed by atoms with Crippen LogP contribution in [0.1, 0.15) is 1.43 Å². The van der Waals surface area contributed by atoms with E-state index in [4.69, 9.17) is 0 Å². The van der Waals surface area contributed by atoms with Crippen molar-refractivity contribution in [3.05, 3.63) is 0 Å². The second-order valence-electron chi connectivity index (χ2n) is 1.18. The summed E-state index contributed by atoms with van der Waals surface area (Å²) >= 11 is -1.75. The average Bonchev–Trinajstić information content (AvgIpc) is 1.93. The SMILES string of the molecule is C=[N][GeH2][N]=C.C=[N][GeH2][N]=C.[HH]. The molecule has 0 aliphatic rings. The van der Waals surface area contributed by atoms with Gasteiger partial charge in [0, 0.05) is 1.43 Å². The van der Waals surface area contributed by atoms with Crippen molar-refractivity contribution < 1.29 is 1.43 Å². The van der Waals surface area contributed by atoms with E-state index in [2.05, 4.69) is 42.7 Å². The van der Waals surface area contributed by atoms with E-state index in [0.29, 0.717) is 0 Å². The monoisotopic (exact) mass is 266 g/mol. The van der Waals surface area contributed by atoms with Gasteiger partial charge in [-0.05, 0) is 0 Å². The zero-order valence-electron chi connectivity index (χ0n) is 6.03. The third-order valence-corrected chi connectivity index (χ3v) is 2.08. The van der Waals surface area contributed by atoms with Gasteiger partial charge in [-0.3, -0.25) is 0 Å². The molecule has 58 valence electrons. The molecule has 0 unspecified atom stereocenters. The fraction of sp³-hybridized carbons (Fsp3) is 0. The summed E-state index contributed by atoms with van der Waals surface area (Å²) < 4.78 is 14.2. The Kier molecular flexibility index (Phi) is 19.8. The van der Waals surface area contributed by atoms with Crippen LogP contribution in [0.3, 0.4) is 0 Å². The molecule has 0 radical (unpaired) electrons. The minimum Gasteiger partial charge on any atom is 0 e. The van der Waals surface area contributed by atoms with E-state index in [-0.39, 0.29) is 1.43 Å². The molecule has 0 fully saturated rings. The molecule has 0 aliphatic heterocycles. The zero-order valence-corrected chi connectivity index (χ0v) is 12.0. The molecule has 0 bridgehead atoms. The van der Waals surface area contributed by atoms with Crippen molar-refractivity contribution in [2.24, 2.45) is 15.8 Å². The van der Waals surface area contributed by atoms with Crippen LogP contribution in [0.5, 0.6) is 0 Å². The van der Waals surface area contributed by atoms with Crippen molar-refractivity contribution in [3.63, 3.8) is 0 Å². The molecule has 0 spiro atoms. The molecule has 0 heterocycles. The first-order valence-corrected chi connectivity index (χ1v) is 7.84. The molecule has 0 N–H and O–H groups in total. The molecule has 0 amide bonds. The molecule has 0 saturated heterocycles. The number of nitrogens with zero attached hydrogens (tertiary/aromatic N) is 4. The zero-order chi connectivity index (χ0) is 8.24. The summed E-state index contributed by atoms with van der Waals surface area (Å²) in [7, 11) is 0. The van der Waals surface area contributed by atoms with Gasteiger partial charge in [0.15, 0.2) is 0 Å². The molecule has 0 atom stereocenters. The fourth-order valence-electron chi connectivity index (χ4n) is 0.141. The van der Waals surface area contributed by atoms with Crippen molar-refractivity contribution in [3.8, 4) is 0 Å². The fourth-order valence-corrected chi connectivity index (χ4v) is 0.735. The van der Waals surface area contributed by atoms with Crippen LogP contribution in [0.2, 0.25) is 0 Å². The molecule has 0 aromatic rings. The van der Waals surface area contributed by atoms with Gasteiger partial charge in [0.2, 0.25) is 0 Å². The Morgan fingerprint density at radius 2 is 0.900 bits per heavy atom. The smallest absolute Gasteiger partial charge is 0 e. The maximum atomic E-state index is 3.56. The standard InChI is InChI=1S/2C2H6GeN2.H2/c2*1-4-3-5-2;/h2*1-3H2;1H. The summed E-state index contributed by atoms with van der Waals surface area (Å²) in [6.45, 7) is 13.0. The summed E-state index contributed by atoms with van der Waals surface area (Å²) in [5.74, 6) is 0. The largest absolute Gasteiger partial charge is 0 e. The van der Waals surface area contributed by atoms with Crippen molar-refractivity contribution in [2.45, 2.75) is 0 Å².